The van der Waals surface area contributed by atoms with Gasteiger partial charge in [0.1, 0.15) is 17.1 Å². The van der Waals surface area contributed by atoms with E-state index in [4.69, 9.17) is 16.0 Å². The lowest BCUT2D eigenvalue weighted by atomic mass is 9.85. The molecule has 0 aromatic heterocycles. The Morgan fingerprint density at radius 1 is 0.682 bits per heavy atom. The number of aryl methyl sites for hydroxylation is 1. The first-order chi connectivity index (χ1) is 21.1. The average molecular weight is 601 g/mol. The summed E-state index contributed by atoms with van der Waals surface area (Å²) in [5.74, 6) is -2.67. The van der Waals surface area contributed by atoms with Crippen LogP contribution in [0.15, 0.2) is 100 Å². The predicted octanol–water partition coefficient (Wildman–Crippen LogP) is 8.60. The summed E-state index contributed by atoms with van der Waals surface area (Å²) in [5, 5.41) is 34.3. The smallest absolute Gasteiger partial charge is 0.336 e. The Balaban J connectivity index is 1.70. The van der Waals surface area contributed by atoms with Crippen molar-refractivity contribution >= 4 is 56.1 Å². The number of hydrogen-bond acceptors (Lipinski definition) is 5. The highest BCUT2D eigenvalue weighted by Gasteiger charge is 2.26. The molecule has 214 valence electrons. The molecule has 5 aromatic carbocycles. The van der Waals surface area contributed by atoms with E-state index in [0.717, 1.165) is 27.1 Å². The highest BCUT2D eigenvalue weighted by molar-refractivity contribution is 6.33. The molecule has 8 heteroatoms. The summed E-state index contributed by atoms with van der Waals surface area (Å²) in [7, 11) is 0. The number of benzene rings is 6. The minimum atomic E-state index is -1.28. The van der Waals surface area contributed by atoms with Crippen LogP contribution in [-0.2, 0) is 0 Å². The van der Waals surface area contributed by atoms with E-state index in [1.54, 1.807) is 6.07 Å². The Kier molecular flexibility index (Phi) is 6.16. The third kappa shape index (κ3) is 4.09. The maximum Gasteiger partial charge on any atom is 0.336 e. The summed E-state index contributed by atoms with van der Waals surface area (Å²) in [4.78, 5) is 38.4. The van der Waals surface area contributed by atoms with Crippen LogP contribution in [0.2, 0.25) is 5.02 Å². The van der Waals surface area contributed by atoms with Gasteiger partial charge in [-0.3, -0.25) is 4.79 Å². The maximum absolute atomic E-state index is 13.9. The van der Waals surface area contributed by atoms with E-state index in [2.05, 4.69) is 0 Å². The number of halogens is 1. The Morgan fingerprint density at radius 2 is 1.32 bits per heavy atom. The lowest BCUT2D eigenvalue weighted by Crippen LogP contribution is -2.08. The molecule has 2 aliphatic rings. The zero-order valence-electron chi connectivity index (χ0n) is 23.0. The van der Waals surface area contributed by atoms with Gasteiger partial charge in [0.25, 0.3) is 0 Å². The summed E-state index contributed by atoms with van der Waals surface area (Å²) < 4.78 is 6.11. The number of fused-ring (bicyclic) bond motifs is 4. The van der Waals surface area contributed by atoms with E-state index in [9.17, 15) is 29.7 Å². The summed E-state index contributed by atoms with van der Waals surface area (Å²) in [6.07, 6.45) is 0. The second-order valence-corrected chi connectivity index (χ2v) is 11.0. The van der Waals surface area contributed by atoms with E-state index >= 15 is 0 Å². The first kappa shape index (κ1) is 27.2. The van der Waals surface area contributed by atoms with Crippen molar-refractivity contribution in [3.63, 3.8) is 0 Å². The van der Waals surface area contributed by atoms with Gasteiger partial charge in [0.05, 0.1) is 16.1 Å². The number of rotatable bonds is 4. The Morgan fingerprint density at radius 3 is 1.93 bits per heavy atom. The van der Waals surface area contributed by atoms with Crippen molar-refractivity contribution in [2.24, 2.45) is 0 Å². The van der Waals surface area contributed by atoms with Gasteiger partial charge in [-0.2, -0.15) is 0 Å². The first-order valence-electron chi connectivity index (χ1n) is 13.6. The normalized spacial score (nSPS) is 11.5. The van der Waals surface area contributed by atoms with Gasteiger partial charge in [-0.1, -0.05) is 60.1 Å². The van der Waals surface area contributed by atoms with Crippen molar-refractivity contribution < 1.29 is 29.3 Å². The number of carbonyl (C=O) groups is 2. The molecule has 1 aliphatic heterocycles. The van der Waals surface area contributed by atoms with Gasteiger partial charge in [0, 0.05) is 39.8 Å². The second-order valence-electron chi connectivity index (χ2n) is 10.6. The molecule has 0 amide bonds. The quantitative estimate of drug-likeness (QED) is 0.173. The van der Waals surface area contributed by atoms with Gasteiger partial charge in [-0.05, 0) is 69.9 Å². The number of carboxylic acid groups (broad SMARTS) is 2. The molecule has 0 atom stereocenters. The number of carboxylic acids is 2. The van der Waals surface area contributed by atoms with E-state index in [1.165, 1.54) is 36.4 Å². The lowest BCUT2D eigenvalue weighted by molar-refractivity contribution is 0.0682. The van der Waals surface area contributed by atoms with Crippen LogP contribution in [0.1, 0.15) is 26.3 Å². The molecule has 3 N–H and O–H groups in total. The molecule has 0 radical (unpaired) electrons. The molecular formula is C36H21ClO7. The van der Waals surface area contributed by atoms with E-state index in [0.29, 0.717) is 27.6 Å². The van der Waals surface area contributed by atoms with Gasteiger partial charge in [0.2, 0.25) is 0 Å². The van der Waals surface area contributed by atoms with Crippen LogP contribution in [0.25, 0.3) is 66.1 Å². The van der Waals surface area contributed by atoms with Gasteiger partial charge in [-0.15, -0.1) is 0 Å². The highest BCUT2D eigenvalue weighted by atomic mass is 35.5. The first-order valence-corrected chi connectivity index (χ1v) is 14.0. The number of hydrogen-bond donors (Lipinski definition) is 3. The van der Waals surface area contributed by atoms with Crippen LogP contribution in [-0.4, -0.2) is 27.3 Å². The van der Waals surface area contributed by atoms with Crippen molar-refractivity contribution in [1.29, 1.82) is 0 Å². The van der Waals surface area contributed by atoms with Crippen LogP contribution in [0.5, 0.6) is 5.75 Å². The van der Waals surface area contributed by atoms with E-state index < -0.39 is 11.9 Å². The summed E-state index contributed by atoms with van der Waals surface area (Å²) in [6.45, 7) is 2.04. The Hall–Kier alpha value is -5.66. The molecule has 1 heterocycles. The number of phenolic OH excluding ortho intramolecular Hbond substituents is 1. The van der Waals surface area contributed by atoms with Gasteiger partial charge >= 0.3 is 11.9 Å². The van der Waals surface area contributed by atoms with Crippen molar-refractivity contribution in [2.75, 3.05) is 0 Å². The average Bonchev–Trinajstić information content (AvgIpc) is 3.01. The molecule has 5 aromatic rings. The third-order valence-electron chi connectivity index (χ3n) is 8.13. The molecular weight excluding hydrogens is 580 g/mol. The predicted molar refractivity (Wildman–Crippen MR) is 170 cm³/mol. The second kappa shape index (κ2) is 9.97. The van der Waals surface area contributed by atoms with E-state index in [-0.39, 0.29) is 44.2 Å². The third-order valence-corrected chi connectivity index (χ3v) is 8.43. The summed E-state index contributed by atoms with van der Waals surface area (Å²) in [5.41, 5.74) is 2.40. The molecule has 0 spiro atoms. The van der Waals surface area contributed by atoms with Gasteiger partial charge in [0.15, 0.2) is 5.43 Å². The summed E-state index contributed by atoms with van der Waals surface area (Å²) >= 11 is 6.33. The van der Waals surface area contributed by atoms with Crippen LogP contribution < -0.4 is 5.43 Å². The molecule has 0 saturated carbocycles. The van der Waals surface area contributed by atoms with Crippen LogP contribution in [0, 0.1) is 6.92 Å². The van der Waals surface area contributed by atoms with Gasteiger partial charge < -0.3 is 19.7 Å². The maximum atomic E-state index is 13.9. The Bertz CT molecular complexity index is 2350. The zero-order valence-corrected chi connectivity index (χ0v) is 23.8. The molecule has 0 unspecified atom stereocenters. The number of aromatic carboxylic acids is 2. The monoisotopic (exact) mass is 600 g/mol. The zero-order chi connectivity index (χ0) is 30.9. The molecule has 0 fully saturated rings. The van der Waals surface area contributed by atoms with Gasteiger partial charge in [-0.25, -0.2) is 9.59 Å². The SMILES string of the molecule is Cc1c2ccccc2c(-c2cc3c(-c4cc(C(=O)O)ccc4C(=O)O)c4cc(Cl)c(O)cc4oc-3cc2=O)c2ccccc12. The minimum Gasteiger partial charge on any atom is -0.506 e. The van der Waals surface area contributed by atoms with Crippen LogP contribution >= 0.6 is 11.6 Å². The number of phenols is 1. The van der Waals surface area contributed by atoms with Crippen LogP contribution in [0.3, 0.4) is 0 Å². The summed E-state index contributed by atoms with van der Waals surface area (Å²) in [6, 6.07) is 25.1. The fourth-order valence-corrected chi connectivity index (χ4v) is 6.28. The Labute approximate surface area is 254 Å². The topological polar surface area (TPSA) is 125 Å². The molecule has 44 heavy (non-hydrogen) atoms. The van der Waals surface area contributed by atoms with Crippen molar-refractivity contribution in [3.05, 3.63) is 123 Å². The van der Waals surface area contributed by atoms with Crippen molar-refractivity contribution in [3.8, 4) is 39.3 Å². The molecule has 1 aliphatic carbocycles. The fourth-order valence-electron chi connectivity index (χ4n) is 6.12. The van der Waals surface area contributed by atoms with Crippen molar-refractivity contribution in [1.82, 2.24) is 0 Å². The fraction of sp³-hybridized carbons (Fsp3) is 0.0278. The minimum absolute atomic E-state index is 0.0178. The molecule has 7 rings (SSSR count). The molecule has 0 saturated heterocycles. The molecule has 0 bridgehead atoms. The van der Waals surface area contributed by atoms with Crippen LogP contribution in [0.4, 0.5) is 0 Å². The lowest BCUT2D eigenvalue weighted by Gasteiger charge is -2.20. The number of aromatic hydroxyl groups is 1. The molecule has 7 nitrogen and oxygen atoms in total. The largest absolute Gasteiger partial charge is 0.506 e. The standard InChI is InChI=1S/C36H21ClO7/c1-17-19-6-2-4-8-21(19)33(22-9-5-3-7-20(17)22)25-13-26-31(15-29(25)38)44-32-16-30(39)28(37)14-27(32)34(26)24-12-18(35(40)41)10-11-23(24)36(42)43/h2-16,39H,1H3,(H,40,41)(H,42,43). The van der Waals surface area contributed by atoms with E-state index in [1.807, 2.05) is 55.5 Å². The highest BCUT2D eigenvalue weighted by Crippen LogP contribution is 2.46. The van der Waals surface area contributed by atoms with Crippen molar-refractivity contribution in [2.45, 2.75) is 6.92 Å².